The zero-order chi connectivity index (χ0) is 45.0. The number of likely N-dealkylation sites (N-methyl/N-ethyl adjacent to an activating group) is 1. The Morgan fingerprint density at radius 1 is 0.857 bits per heavy atom. The Balaban J connectivity index is 1.07. The van der Waals surface area contributed by atoms with Gasteiger partial charge in [0.05, 0.1) is 53.8 Å². The van der Waals surface area contributed by atoms with Gasteiger partial charge in [-0.15, -0.1) is 0 Å². The van der Waals surface area contributed by atoms with Crippen LogP contribution >= 0.6 is 0 Å². The predicted octanol–water partition coefficient (Wildman–Crippen LogP) is 6.85. The molecule has 2 aromatic heterocycles. The van der Waals surface area contributed by atoms with Crippen LogP contribution in [0.4, 0.5) is 9.59 Å². The van der Waals surface area contributed by atoms with Gasteiger partial charge < -0.3 is 49.1 Å². The second-order valence-corrected chi connectivity index (χ2v) is 17.1. The van der Waals surface area contributed by atoms with Crippen molar-refractivity contribution in [2.75, 3.05) is 28.4 Å². The van der Waals surface area contributed by atoms with Crippen LogP contribution in [0.2, 0.25) is 0 Å². The first-order chi connectivity index (χ1) is 30.1. The number of benzene rings is 3. The Kier molecular flexibility index (Phi) is 11.8. The molecule has 17 heteroatoms. The molecule has 0 bridgehead atoms. The molecule has 4 N–H and O–H groups in total. The number of rotatable bonds is 11. The molecule has 4 amide bonds. The highest BCUT2D eigenvalue weighted by Gasteiger charge is 2.45. The van der Waals surface area contributed by atoms with Gasteiger partial charge in [0, 0.05) is 49.9 Å². The van der Waals surface area contributed by atoms with Crippen LogP contribution in [0.15, 0.2) is 42.5 Å². The molecular formula is C46H56N8O9. The second kappa shape index (κ2) is 17.2. The van der Waals surface area contributed by atoms with Gasteiger partial charge in [0.2, 0.25) is 11.8 Å². The summed E-state index contributed by atoms with van der Waals surface area (Å²) in [5.74, 6) is 1.49. The molecule has 0 saturated carbocycles. The third-order valence-corrected chi connectivity index (χ3v) is 13.4. The number of nitrogens with one attached hydrogen (secondary N) is 3. The molecule has 3 aliphatic rings. The summed E-state index contributed by atoms with van der Waals surface area (Å²) in [5.41, 5.74) is 7.22. The number of likely N-dealkylation sites (tertiary alicyclic amines) is 2. The Labute approximate surface area is 365 Å². The van der Waals surface area contributed by atoms with E-state index in [1.54, 1.807) is 23.6 Å². The van der Waals surface area contributed by atoms with Crippen LogP contribution < -0.4 is 10.1 Å². The summed E-state index contributed by atoms with van der Waals surface area (Å²) >= 11 is 0. The lowest BCUT2D eigenvalue weighted by atomic mass is 9.92. The molecule has 3 aromatic carbocycles. The molecule has 0 unspecified atom stereocenters. The Bertz CT molecular complexity index is 2590. The maximum absolute atomic E-state index is 14.1. The summed E-state index contributed by atoms with van der Waals surface area (Å²) in [5, 5.41) is 14.4. The maximum Gasteiger partial charge on any atom is 0.407 e. The highest BCUT2D eigenvalue weighted by atomic mass is 16.5. The van der Waals surface area contributed by atoms with Crippen LogP contribution in [-0.2, 0) is 30.4 Å². The number of aromatic nitrogens is 4. The SMILES string of the molecule is COC(=O)N[C@H](C(=O)N1[C@@H](C)CC[C@H]1c1nc(C)c(-c2ccc3c(c2)COc2cc4c(ccc5nc([C@@H]6CC[C@H](C)N6C(=O)[C@H]([C@@H](C)OC)N(C)C(=O)O)[nH]c54)cc2-3)[nH]1)[C@@H](C)OC. The molecule has 0 radical (unpaired) electrons. The van der Waals surface area contributed by atoms with Gasteiger partial charge in [0.15, 0.2) is 0 Å². The van der Waals surface area contributed by atoms with Crippen LogP contribution in [0.3, 0.4) is 0 Å². The zero-order valence-electron chi connectivity index (χ0n) is 37.1. The lowest BCUT2D eigenvalue weighted by Gasteiger charge is -2.36. The van der Waals surface area contributed by atoms with Gasteiger partial charge in [-0.1, -0.05) is 18.2 Å². The van der Waals surface area contributed by atoms with Crippen molar-refractivity contribution >= 4 is 45.8 Å². The smallest absolute Gasteiger partial charge is 0.407 e. The van der Waals surface area contributed by atoms with Gasteiger partial charge in [0.1, 0.15) is 36.1 Å². The number of alkyl carbamates (subject to hydrolysis) is 1. The summed E-state index contributed by atoms with van der Waals surface area (Å²) in [7, 11) is 5.63. The van der Waals surface area contributed by atoms with Crippen molar-refractivity contribution in [3.8, 4) is 28.1 Å². The van der Waals surface area contributed by atoms with E-state index in [4.69, 9.17) is 28.9 Å². The van der Waals surface area contributed by atoms with E-state index in [-0.39, 0.29) is 36.0 Å². The van der Waals surface area contributed by atoms with E-state index in [0.717, 1.165) is 78.9 Å². The fraction of sp³-hybridized carbons (Fsp3) is 0.478. The number of carbonyl (C=O) groups excluding carboxylic acids is 3. The molecule has 3 aliphatic heterocycles. The quantitative estimate of drug-likeness (QED) is 0.108. The summed E-state index contributed by atoms with van der Waals surface area (Å²) in [6, 6.07) is 11.6. The van der Waals surface area contributed by atoms with Gasteiger partial charge in [-0.2, -0.15) is 0 Å². The molecule has 8 atom stereocenters. The average molecular weight is 865 g/mol. The monoisotopic (exact) mass is 864 g/mol. The number of carboxylic acid groups (broad SMARTS) is 1. The highest BCUT2D eigenvalue weighted by molar-refractivity contribution is 6.07. The largest absolute Gasteiger partial charge is 0.488 e. The first-order valence-electron chi connectivity index (χ1n) is 21.4. The van der Waals surface area contributed by atoms with Gasteiger partial charge in [-0.05, 0) is 101 Å². The fourth-order valence-electron chi connectivity index (χ4n) is 9.74. The molecule has 2 fully saturated rings. The maximum atomic E-state index is 14.1. The molecule has 0 spiro atoms. The molecule has 8 rings (SSSR count). The van der Waals surface area contributed by atoms with Crippen LogP contribution in [0.5, 0.6) is 5.75 Å². The van der Waals surface area contributed by atoms with Crippen LogP contribution in [-0.4, -0.2) is 128 Å². The van der Waals surface area contributed by atoms with Crippen molar-refractivity contribution in [2.24, 2.45) is 0 Å². The van der Waals surface area contributed by atoms with Gasteiger partial charge >= 0.3 is 12.2 Å². The van der Waals surface area contributed by atoms with E-state index in [9.17, 15) is 24.3 Å². The highest BCUT2D eigenvalue weighted by Crippen LogP contribution is 2.44. The number of methoxy groups -OCH3 is 3. The number of aryl methyl sites for hydroxylation is 1. The van der Waals surface area contributed by atoms with Crippen molar-refractivity contribution in [1.82, 2.24) is 40.0 Å². The molecule has 334 valence electrons. The van der Waals surface area contributed by atoms with Crippen molar-refractivity contribution in [3.05, 3.63) is 65.4 Å². The van der Waals surface area contributed by atoms with Gasteiger partial charge in [0.25, 0.3) is 0 Å². The molecular weight excluding hydrogens is 809 g/mol. The normalized spacial score (nSPS) is 21.3. The number of carbonyl (C=O) groups is 4. The first kappa shape index (κ1) is 43.4. The molecule has 17 nitrogen and oxygen atoms in total. The Hall–Kier alpha value is -6.20. The van der Waals surface area contributed by atoms with Crippen molar-refractivity contribution < 1.29 is 43.2 Å². The fourth-order valence-corrected chi connectivity index (χ4v) is 9.74. The molecule has 63 heavy (non-hydrogen) atoms. The van der Waals surface area contributed by atoms with E-state index < -0.39 is 36.5 Å². The van der Waals surface area contributed by atoms with E-state index in [1.807, 2.05) is 39.0 Å². The minimum Gasteiger partial charge on any atom is -0.488 e. The molecule has 5 aromatic rings. The first-order valence-corrected chi connectivity index (χ1v) is 21.4. The standard InChI is InChI=1S/C46H56N8O9/c1-22-10-16-34(53(22)43(55)38(25(4)60-7)51-45(57)62-9)41-47-24(3)37(49-41)28-12-14-30-29(18-28)21-63-36-20-31-27(19-32(30)36)13-15-33-39(31)50-42(48-33)35-17-11-23(2)54(35)44(56)40(26(5)61-8)52(6)46(58)59/h12-15,18-20,22-23,25-26,34-35,38,40H,10-11,16-17,21H2,1-9H3,(H,47,49)(H,48,50)(H,51,57)(H,58,59)/t22-,23-,25+,26+,34-,35-,38-,40-/m0/s1. The van der Waals surface area contributed by atoms with E-state index in [0.29, 0.717) is 31.1 Å². The number of hydrogen-bond acceptors (Lipinski definition) is 10. The third kappa shape index (κ3) is 7.70. The topological polar surface area (TPSA) is 205 Å². The molecule has 5 heterocycles. The number of nitrogens with zero attached hydrogens (tertiary/aromatic N) is 5. The average Bonchev–Trinajstić information content (AvgIpc) is 4.08. The lowest BCUT2D eigenvalue weighted by Crippen LogP contribution is -2.55. The lowest BCUT2D eigenvalue weighted by molar-refractivity contribution is -0.143. The number of ether oxygens (including phenoxy) is 4. The minimum absolute atomic E-state index is 0.0827. The van der Waals surface area contributed by atoms with Crippen LogP contribution in [0.1, 0.15) is 88.4 Å². The number of amides is 4. The molecule has 0 aliphatic carbocycles. The minimum atomic E-state index is -1.20. The van der Waals surface area contributed by atoms with Crippen LogP contribution in [0.25, 0.3) is 44.2 Å². The van der Waals surface area contributed by atoms with Crippen molar-refractivity contribution in [3.63, 3.8) is 0 Å². The Morgan fingerprint density at radius 3 is 2.17 bits per heavy atom. The van der Waals surface area contributed by atoms with Gasteiger partial charge in [-0.25, -0.2) is 19.6 Å². The number of aromatic amines is 2. The summed E-state index contributed by atoms with van der Waals surface area (Å²) in [4.78, 5) is 74.0. The third-order valence-electron chi connectivity index (χ3n) is 13.4. The van der Waals surface area contributed by atoms with Crippen molar-refractivity contribution in [2.45, 2.75) is 115 Å². The van der Waals surface area contributed by atoms with Crippen molar-refractivity contribution in [1.29, 1.82) is 0 Å². The zero-order valence-corrected chi connectivity index (χ0v) is 37.1. The second-order valence-electron chi connectivity index (χ2n) is 17.1. The Morgan fingerprint density at radius 2 is 1.52 bits per heavy atom. The summed E-state index contributed by atoms with van der Waals surface area (Å²) in [6.07, 6.45) is -0.250. The summed E-state index contributed by atoms with van der Waals surface area (Å²) < 4.78 is 22.2. The van der Waals surface area contributed by atoms with Gasteiger partial charge in [-0.3, -0.25) is 14.5 Å². The number of hydrogen-bond donors (Lipinski definition) is 4. The van der Waals surface area contributed by atoms with E-state index in [2.05, 4.69) is 39.6 Å². The number of imidazole rings is 2. The summed E-state index contributed by atoms with van der Waals surface area (Å²) in [6.45, 7) is 9.72. The van der Waals surface area contributed by atoms with E-state index >= 15 is 0 Å². The number of H-pyrrole nitrogens is 2. The molecule has 2 saturated heterocycles. The number of fused-ring (bicyclic) bond motifs is 6. The van der Waals surface area contributed by atoms with E-state index in [1.165, 1.54) is 28.4 Å². The predicted molar refractivity (Wildman–Crippen MR) is 234 cm³/mol. The van der Waals surface area contributed by atoms with Crippen LogP contribution in [0, 0.1) is 6.92 Å².